The number of aromatic nitrogens is 1. The van der Waals surface area contributed by atoms with Crippen molar-refractivity contribution in [3.8, 4) is 0 Å². The van der Waals surface area contributed by atoms with Gasteiger partial charge in [0.25, 0.3) is 0 Å². The summed E-state index contributed by atoms with van der Waals surface area (Å²) in [5.41, 5.74) is 4.45. The Labute approximate surface area is 167 Å². The first-order valence-corrected chi connectivity index (χ1v) is 10.9. The summed E-state index contributed by atoms with van der Waals surface area (Å²) in [5, 5.41) is 2.02. The fraction of sp³-hybridized carbons (Fsp3) is 0.421. The summed E-state index contributed by atoms with van der Waals surface area (Å²) in [6.07, 6.45) is 0. The molecule has 1 fully saturated rings. The van der Waals surface area contributed by atoms with Crippen molar-refractivity contribution in [2.45, 2.75) is 18.7 Å². The van der Waals surface area contributed by atoms with Crippen LogP contribution in [0.25, 0.3) is 0 Å². The van der Waals surface area contributed by atoms with Crippen LogP contribution in [0.4, 0.5) is 5.69 Å². The van der Waals surface area contributed by atoms with Gasteiger partial charge in [-0.3, -0.25) is 4.79 Å². The van der Waals surface area contributed by atoms with E-state index in [4.69, 9.17) is 4.74 Å². The zero-order chi connectivity index (χ0) is 19.2. The van der Waals surface area contributed by atoms with Crippen molar-refractivity contribution in [2.24, 2.45) is 0 Å². The summed E-state index contributed by atoms with van der Waals surface area (Å²) < 4.78 is 4.73. The molecule has 144 valence electrons. The molecule has 3 rings (SSSR count). The molecule has 0 aliphatic carbocycles. The number of hydrogen-bond donors (Lipinski definition) is 0. The van der Waals surface area contributed by atoms with E-state index < -0.39 is 0 Å². The smallest absolute Gasteiger partial charge is 0.337 e. The first-order chi connectivity index (χ1) is 13.1. The van der Waals surface area contributed by atoms with Crippen molar-refractivity contribution in [3.05, 3.63) is 46.4 Å². The molecule has 1 aliphatic rings. The maximum absolute atomic E-state index is 12.6. The number of thioether (sulfide) groups is 1. The second-order valence-corrected chi connectivity index (χ2v) is 8.10. The monoisotopic (exact) mass is 405 g/mol. The van der Waals surface area contributed by atoms with Crippen LogP contribution in [0, 0.1) is 0 Å². The molecule has 1 aromatic carbocycles. The topological polar surface area (TPSA) is 62.7 Å². The Bertz CT molecular complexity index is 765. The van der Waals surface area contributed by atoms with Gasteiger partial charge < -0.3 is 14.5 Å². The number of rotatable bonds is 6. The summed E-state index contributed by atoms with van der Waals surface area (Å²) in [7, 11) is 1.38. The lowest BCUT2D eigenvalue weighted by molar-refractivity contribution is -0.130. The van der Waals surface area contributed by atoms with Gasteiger partial charge in [-0.2, -0.15) is 0 Å². The van der Waals surface area contributed by atoms with Gasteiger partial charge in [-0.25, -0.2) is 9.78 Å². The number of anilines is 1. The van der Waals surface area contributed by atoms with Gasteiger partial charge in [-0.05, 0) is 31.2 Å². The highest BCUT2D eigenvalue weighted by atomic mass is 32.2. The first kappa shape index (κ1) is 19.7. The van der Waals surface area contributed by atoms with Crippen LogP contribution in [0.3, 0.4) is 0 Å². The number of piperazine rings is 1. The lowest BCUT2D eigenvalue weighted by Gasteiger charge is -2.41. The van der Waals surface area contributed by atoms with Gasteiger partial charge in [-0.15, -0.1) is 23.1 Å². The Kier molecular flexibility index (Phi) is 6.73. The Morgan fingerprint density at radius 2 is 2.07 bits per heavy atom. The summed E-state index contributed by atoms with van der Waals surface area (Å²) in [5.74, 6) is 1.11. The second-order valence-electron chi connectivity index (χ2n) is 6.39. The highest BCUT2D eigenvalue weighted by Gasteiger charge is 2.27. The van der Waals surface area contributed by atoms with Crippen molar-refractivity contribution >= 4 is 40.7 Å². The lowest BCUT2D eigenvalue weighted by Crippen LogP contribution is -2.54. The molecule has 6 nitrogen and oxygen atoms in total. The number of amides is 1. The highest BCUT2D eigenvalue weighted by molar-refractivity contribution is 7.99. The van der Waals surface area contributed by atoms with Gasteiger partial charge in [0.15, 0.2) is 0 Å². The van der Waals surface area contributed by atoms with Gasteiger partial charge in [0.2, 0.25) is 5.91 Å². The molecular formula is C19H23N3O3S2. The minimum Gasteiger partial charge on any atom is -0.465 e. The standard InChI is InChI=1S/C19H23N3O3S2/c1-14-9-21(17-5-3-15(4-6-17)19(24)25-2)7-8-22(14)18(23)12-26-10-16-11-27-13-20-16/h3-6,11,13-14H,7-10,12H2,1-2H3/t14-/m0/s1. The van der Waals surface area contributed by atoms with Crippen LogP contribution in [0.1, 0.15) is 23.0 Å². The van der Waals surface area contributed by atoms with E-state index in [1.165, 1.54) is 7.11 Å². The fourth-order valence-corrected chi connectivity index (χ4v) is 4.60. The molecule has 2 heterocycles. The molecule has 1 atom stereocenters. The van der Waals surface area contributed by atoms with E-state index in [0.29, 0.717) is 17.9 Å². The molecule has 0 N–H and O–H groups in total. The fourth-order valence-electron chi connectivity index (χ4n) is 3.12. The quantitative estimate of drug-likeness (QED) is 0.689. The average molecular weight is 406 g/mol. The van der Waals surface area contributed by atoms with Gasteiger partial charge in [-0.1, -0.05) is 0 Å². The van der Waals surface area contributed by atoms with Crippen LogP contribution in [-0.2, 0) is 15.3 Å². The Balaban J connectivity index is 1.50. The molecule has 1 saturated heterocycles. The molecule has 2 aromatic rings. The SMILES string of the molecule is COC(=O)c1ccc(N2CCN(C(=O)CSCc3cscn3)[C@@H](C)C2)cc1. The summed E-state index contributed by atoms with van der Waals surface area (Å²) >= 11 is 3.19. The molecule has 0 radical (unpaired) electrons. The molecule has 1 amide bonds. The lowest BCUT2D eigenvalue weighted by atomic mass is 10.1. The third-order valence-corrected chi connectivity index (χ3v) is 6.15. The summed E-state index contributed by atoms with van der Waals surface area (Å²) in [6, 6.07) is 7.56. The van der Waals surface area contributed by atoms with E-state index in [9.17, 15) is 9.59 Å². The minimum absolute atomic E-state index is 0.145. The molecule has 27 heavy (non-hydrogen) atoms. The molecule has 0 bridgehead atoms. The number of esters is 1. The maximum Gasteiger partial charge on any atom is 0.337 e. The number of thiazole rings is 1. The Morgan fingerprint density at radius 1 is 1.30 bits per heavy atom. The van der Waals surface area contributed by atoms with Gasteiger partial charge in [0, 0.05) is 42.5 Å². The first-order valence-electron chi connectivity index (χ1n) is 8.76. The average Bonchev–Trinajstić information content (AvgIpc) is 3.20. The second kappa shape index (κ2) is 9.23. The predicted molar refractivity (Wildman–Crippen MR) is 109 cm³/mol. The Morgan fingerprint density at radius 3 is 2.70 bits per heavy atom. The van der Waals surface area contributed by atoms with Crippen molar-refractivity contribution in [1.82, 2.24) is 9.88 Å². The molecule has 8 heteroatoms. The van der Waals surface area contributed by atoms with E-state index in [1.807, 2.05) is 27.9 Å². The van der Waals surface area contributed by atoms with E-state index >= 15 is 0 Å². The van der Waals surface area contributed by atoms with Crippen LogP contribution < -0.4 is 4.90 Å². The van der Waals surface area contributed by atoms with E-state index in [1.54, 1.807) is 35.2 Å². The third-order valence-electron chi connectivity index (χ3n) is 4.56. The molecule has 0 unspecified atom stereocenters. The number of benzene rings is 1. The van der Waals surface area contributed by atoms with E-state index in [0.717, 1.165) is 30.2 Å². The molecule has 0 saturated carbocycles. The van der Waals surface area contributed by atoms with Crippen LogP contribution in [-0.4, -0.2) is 60.3 Å². The van der Waals surface area contributed by atoms with Gasteiger partial charge >= 0.3 is 5.97 Å². The number of nitrogens with zero attached hydrogens (tertiary/aromatic N) is 3. The number of ether oxygens (including phenoxy) is 1. The maximum atomic E-state index is 12.6. The normalized spacial score (nSPS) is 17.0. The highest BCUT2D eigenvalue weighted by Crippen LogP contribution is 2.21. The minimum atomic E-state index is -0.333. The molecular weight excluding hydrogens is 382 g/mol. The zero-order valence-corrected chi connectivity index (χ0v) is 17.1. The van der Waals surface area contributed by atoms with Gasteiger partial charge in [0.05, 0.1) is 29.6 Å². The zero-order valence-electron chi connectivity index (χ0n) is 15.5. The van der Waals surface area contributed by atoms with Gasteiger partial charge in [0.1, 0.15) is 0 Å². The van der Waals surface area contributed by atoms with Crippen LogP contribution in [0.5, 0.6) is 0 Å². The third kappa shape index (κ3) is 5.01. The van der Waals surface area contributed by atoms with Crippen molar-refractivity contribution in [3.63, 3.8) is 0 Å². The van der Waals surface area contributed by atoms with Crippen molar-refractivity contribution in [2.75, 3.05) is 37.4 Å². The summed E-state index contributed by atoms with van der Waals surface area (Å²) in [6.45, 7) is 4.35. The van der Waals surface area contributed by atoms with E-state index in [-0.39, 0.29) is 17.9 Å². The number of hydrogen-bond acceptors (Lipinski definition) is 7. The summed E-state index contributed by atoms with van der Waals surface area (Å²) in [4.78, 5) is 32.6. The number of carbonyl (C=O) groups is 2. The van der Waals surface area contributed by atoms with Crippen LogP contribution in [0.2, 0.25) is 0 Å². The number of methoxy groups -OCH3 is 1. The number of carbonyl (C=O) groups excluding carboxylic acids is 2. The van der Waals surface area contributed by atoms with E-state index in [2.05, 4.69) is 16.8 Å². The van der Waals surface area contributed by atoms with Crippen molar-refractivity contribution in [1.29, 1.82) is 0 Å². The largest absolute Gasteiger partial charge is 0.465 e. The molecule has 1 aromatic heterocycles. The van der Waals surface area contributed by atoms with Crippen LogP contribution >= 0.6 is 23.1 Å². The van der Waals surface area contributed by atoms with Crippen LogP contribution in [0.15, 0.2) is 35.2 Å². The molecule has 0 spiro atoms. The Hall–Kier alpha value is -2.06. The molecule has 1 aliphatic heterocycles. The predicted octanol–water partition coefficient (Wildman–Crippen LogP) is 2.90. The van der Waals surface area contributed by atoms with Crippen molar-refractivity contribution < 1.29 is 14.3 Å².